The third-order valence-corrected chi connectivity index (χ3v) is 5.80. The molecular weight excluding hydrogens is 296 g/mol. The maximum absolute atomic E-state index is 12.4. The molecule has 132 valence electrons. The third-order valence-electron chi connectivity index (χ3n) is 5.80. The molecule has 24 heavy (non-hydrogen) atoms. The minimum absolute atomic E-state index is 0.376. The number of carbonyl (C=O) groups excluding carboxylic acids is 1. The molecule has 0 spiro atoms. The molecule has 2 aliphatic rings. The second-order valence-electron chi connectivity index (χ2n) is 7.68. The van der Waals surface area contributed by atoms with E-state index in [2.05, 4.69) is 41.4 Å². The van der Waals surface area contributed by atoms with Gasteiger partial charge < -0.3 is 10.2 Å². The van der Waals surface area contributed by atoms with Crippen LogP contribution >= 0.6 is 0 Å². The quantitative estimate of drug-likeness (QED) is 0.863. The molecule has 1 aromatic carbocycles. The molecule has 1 amide bonds. The van der Waals surface area contributed by atoms with Gasteiger partial charge in [-0.05, 0) is 69.9 Å². The lowest BCUT2D eigenvalue weighted by atomic mass is 9.90. The lowest BCUT2D eigenvalue weighted by Crippen LogP contribution is -2.39. The Morgan fingerprint density at radius 3 is 2.54 bits per heavy atom. The topological polar surface area (TPSA) is 32.3 Å². The number of carbonyl (C=O) groups is 1. The van der Waals surface area contributed by atoms with E-state index >= 15 is 0 Å². The van der Waals surface area contributed by atoms with E-state index in [1.165, 1.54) is 49.7 Å². The zero-order chi connectivity index (χ0) is 16.8. The molecule has 0 aromatic heterocycles. The molecule has 0 radical (unpaired) electrons. The Bertz CT molecular complexity index is 511. The van der Waals surface area contributed by atoms with Crippen molar-refractivity contribution in [3.05, 3.63) is 35.4 Å². The number of aryl methyl sites for hydroxylation is 2. The zero-order valence-electron chi connectivity index (χ0n) is 15.1. The fraction of sp³-hybridized carbons (Fsp3) is 0.667. The molecule has 1 unspecified atom stereocenters. The molecule has 0 bridgehead atoms. The Morgan fingerprint density at radius 2 is 1.88 bits per heavy atom. The van der Waals surface area contributed by atoms with Crippen LogP contribution in [0.25, 0.3) is 0 Å². The van der Waals surface area contributed by atoms with Crippen LogP contribution in [0, 0.1) is 12.8 Å². The first-order valence-corrected chi connectivity index (χ1v) is 9.77. The summed E-state index contributed by atoms with van der Waals surface area (Å²) in [6, 6.07) is 9.50. The number of amides is 1. The van der Waals surface area contributed by atoms with Crippen molar-refractivity contribution in [2.75, 3.05) is 19.6 Å². The van der Waals surface area contributed by atoms with Gasteiger partial charge in [-0.15, -0.1) is 0 Å². The molecule has 3 heteroatoms. The van der Waals surface area contributed by atoms with Crippen molar-refractivity contribution in [3.63, 3.8) is 0 Å². The van der Waals surface area contributed by atoms with Crippen molar-refractivity contribution in [2.24, 2.45) is 5.92 Å². The largest absolute Gasteiger partial charge is 0.343 e. The number of likely N-dealkylation sites (tertiary alicyclic amines) is 1. The summed E-state index contributed by atoms with van der Waals surface area (Å²) in [4.78, 5) is 14.5. The Kier molecular flexibility index (Phi) is 6.30. The van der Waals surface area contributed by atoms with E-state index in [0.717, 1.165) is 38.4 Å². The van der Waals surface area contributed by atoms with Gasteiger partial charge in [-0.25, -0.2) is 0 Å². The number of nitrogens with one attached hydrogen (secondary N) is 1. The first kappa shape index (κ1) is 17.5. The second kappa shape index (κ2) is 8.66. The number of nitrogens with zero attached hydrogens (tertiary/aromatic N) is 1. The lowest BCUT2D eigenvalue weighted by molar-refractivity contribution is -0.132. The molecule has 3 nitrogen and oxygen atoms in total. The maximum Gasteiger partial charge on any atom is 0.222 e. The molecule has 0 aliphatic carbocycles. The van der Waals surface area contributed by atoms with Crippen molar-refractivity contribution in [1.82, 2.24) is 10.2 Å². The van der Waals surface area contributed by atoms with Crippen molar-refractivity contribution in [1.29, 1.82) is 0 Å². The average Bonchev–Trinajstić information content (AvgIpc) is 3.13. The summed E-state index contributed by atoms with van der Waals surface area (Å²) in [6.45, 7) is 5.20. The predicted molar refractivity (Wildman–Crippen MR) is 99.1 cm³/mol. The summed E-state index contributed by atoms with van der Waals surface area (Å²) >= 11 is 0. The molecule has 1 aromatic rings. The van der Waals surface area contributed by atoms with Gasteiger partial charge in [0.25, 0.3) is 0 Å². The highest BCUT2D eigenvalue weighted by Crippen LogP contribution is 2.23. The van der Waals surface area contributed by atoms with E-state index in [4.69, 9.17) is 0 Å². The SMILES string of the molecule is Cc1ccc(CCC2CCN(C(=O)CCC3CCCN3)CC2)cc1. The van der Waals surface area contributed by atoms with Gasteiger partial charge in [0, 0.05) is 25.6 Å². The number of hydrogen-bond acceptors (Lipinski definition) is 2. The summed E-state index contributed by atoms with van der Waals surface area (Å²) < 4.78 is 0. The van der Waals surface area contributed by atoms with E-state index < -0.39 is 0 Å². The standard InChI is InChI=1S/C21H32N2O/c1-17-4-6-18(7-5-17)8-9-19-12-15-23(16-13-19)21(24)11-10-20-3-2-14-22-20/h4-7,19-20,22H,2-3,8-16H2,1H3. The number of piperidine rings is 1. The molecule has 1 atom stereocenters. The zero-order valence-corrected chi connectivity index (χ0v) is 15.1. The molecule has 2 saturated heterocycles. The van der Waals surface area contributed by atoms with Crippen molar-refractivity contribution >= 4 is 5.91 Å². The third kappa shape index (κ3) is 5.07. The number of rotatable bonds is 6. The number of benzene rings is 1. The molecule has 2 heterocycles. The van der Waals surface area contributed by atoms with Gasteiger partial charge >= 0.3 is 0 Å². The van der Waals surface area contributed by atoms with Crippen LogP contribution in [-0.2, 0) is 11.2 Å². The summed E-state index contributed by atoms with van der Waals surface area (Å²) in [5.74, 6) is 1.16. The van der Waals surface area contributed by atoms with Crippen LogP contribution in [0.15, 0.2) is 24.3 Å². The van der Waals surface area contributed by atoms with Crippen LogP contribution in [0.3, 0.4) is 0 Å². The average molecular weight is 329 g/mol. The highest BCUT2D eigenvalue weighted by Gasteiger charge is 2.23. The molecule has 3 rings (SSSR count). The first-order valence-electron chi connectivity index (χ1n) is 9.77. The monoisotopic (exact) mass is 328 g/mol. The second-order valence-corrected chi connectivity index (χ2v) is 7.68. The van der Waals surface area contributed by atoms with Crippen molar-refractivity contribution in [3.8, 4) is 0 Å². The normalized spacial score (nSPS) is 22.0. The van der Waals surface area contributed by atoms with Gasteiger partial charge in [0.15, 0.2) is 0 Å². The van der Waals surface area contributed by atoms with E-state index in [-0.39, 0.29) is 0 Å². The van der Waals surface area contributed by atoms with Gasteiger partial charge in [-0.3, -0.25) is 4.79 Å². The van der Waals surface area contributed by atoms with Gasteiger partial charge in [0.2, 0.25) is 5.91 Å². The molecule has 2 fully saturated rings. The maximum atomic E-state index is 12.4. The highest BCUT2D eigenvalue weighted by atomic mass is 16.2. The lowest BCUT2D eigenvalue weighted by Gasteiger charge is -2.32. The Balaban J connectivity index is 1.34. The first-order chi connectivity index (χ1) is 11.7. The Labute approximate surface area is 146 Å². The van der Waals surface area contributed by atoms with E-state index in [9.17, 15) is 4.79 Å². The van der Waals surface area contributed by atoms with Crippen LogP contribution in [0.4, 0.5) is 0 Å². The van der Waals surface area contributed by atoms with Crippen LogP contribution in [-0.4, -0.2) is 36.5 Å². The Morgan fingerprint density at radius 1 is 1.12 bits per heavy atom. The molecule has 0 saturated carbocycles. The van der Waals surface area contributed by atoms with E-state index in [1.807, 2.05) is 0 Å². The van der Waals surface area contributed by atoms with Gasteiger partial charge in [0.1, 0.15) is 0 Å². The van der Waals surface area contributed by atoms with Gasteiger partial charge in [-0.2, -0.15) is 0 Å². The fourth-order valence-corrected chi connectivity index (χ4v) is 4.06. The van der Waals surface area contributed by atoms with Crippen LogP contribution < -0.4 is 5.32 Å². The van der Waals surface area contributed by atoms with Crippen LogP contribution in [0.2, 0.25) is 0 Å². The minimum atomic E-state index is 0.376. The van der Waals surface area contributed by atoms with Gasteiger partial charge in [-0.1, -0.05) is 29.8 Å². The van der Waals surface area contributed by atoms with E-state index in [1.54, 1.807) is 0 Å². The molecule has 2 aliphatic heterocycles. The van der Waals surface area contributed by atoms with Crippen molar-refractivity contribution < 1.29 is 4.79 Å². The van der Waals surface area contributed by atoms with Gasteiger partial charge in [0.05, 0.1) is 0 Å². The summed E-state index contributed by atoms with van der Waals surface area (Å²) in [5.41, 5.74) is 2.78. The van der Waals surface area contributed by atoms with Crippen LogP contribution in [0.1, 0.15) is 56.1 Å². The van der Waals surface area contributed by atoms with Crippen LogP contribution in [0.5, 0.6) is 0 Å². The smallest absolute Gasteiger partial charge is 0.222 e. The predicted octanol–water partition coefficient (Wildman–Crippen LogP) is 3.70. The van der Waals surface area contributed by atoms with E-state index in [0.29, 0.717) is 11.9 Å². The minimum Gasteiger partial charge on any atom is -0.343 e. The van der Waals surface area contributed by atoms with Crippen molar-refractivity contribution in [2.45, 2.75) is 64.3 Å². The number of hydrogen-bond donors (Lipinski definition) is 1. The highest BCUT2D eigenvalue weighted by molar-refractivity contribution is 5.76. The summed E-state index contributed by atoms with van der Waals surface area (Å²) in [6.07, 6.45) is 9.05. The fourth-order valence-electron chi connectivity index (χ4n) is 4.06. The summed E-state index contributed by atoms with van der Waals surface area (Å²) in [7, 11) is 0. The Hall–Kier alpha value is -1.35. The summed E-state index contributed by atoms with van der Waals surface area (Å²) in [5, 5.41) is 3.49. The molecule has 1 N–H and O–H groups in total. The molecular formula is C21H32N2O.